The molecule has 1 aromatic heterocycles. The van der Waals surface area contributed by atoms with Crippen molar-refractivity contribution in [3.05, 3.63) is 0 Å². The Morgan fingerprint density at radius 1 is 1.54 bits per heavy atom. The normalized spacial score (nSPS) is 12.8. The summed E-state index contributed by atoms with van der Waals surface area (Å²) in [6.07, 6.45) is 1.94. The number of carbonyl (C=O) groups excluding carboxylic acids is 1. The molecule has 72 valence electrons. The monoisotopic (exact) mass is 235 g/mol. The van der Waals surface area contributed by atoms with Gasteiger partial charge in [-0.05, 0) is 13.2 Å². The van der Waals surface area contributed by atoms with Gasteiger partial charge in [0.2, 0.25) is 5.91 Å². The highest BCUT2D eigenvalue weighted by molar-refractivity contribution is 8.03. The Morgan fingerprint density at radius 2 is 2.15 bits per heavy atom. The van der Waals surface area contributed by atoms with Crippen molar-refractivity contribution in [1.82, 2.24) is 10.2 Å². The molecule has 0 aliphatic heterocycles. The van der Waals surface area contributed by atoms with Crippen LogP contribution in [0.2, 0.25) is 0 Å². The second-order valence-electron chi connectivity index (χ2n) is 2.20. The maximum atomic E-state index is 10.7. The zero-order chi connectivity index (χ0) is 9.84. The van der Waals surface area contributed by atoms with E-state index in [4.69, 9.17) is 5.73 Å². The summed E-state index contributed by atoms with van der Waals surface area (Å²) in [5, 5.41) is 7.57. The first-order valence-electron chi connectivity index (χ1n) is 3.47. The van der Waals surface area contributed by atoms with E-state index in [-0.39, 0.29) is 11.2 Å². The Hall–Kier alpha value is -0.270. The number of amides is 1. The zero-order valence-corrected chi connectivity index (χ0v) is 9.63. The first-order valence-corrected chi connectivity index (χ1v) is 6.39. The molecule has 0 bridgehead atoms. The van der Waals surface area contributed by atoms with Crippen molar-refractivity contribution in [2.75, 3.05) is 6.26 Å². The van der Waals surface area contributed by atoms with E-state index in [2.05, 4.69) is 10.2 Å². The van der Waals surface area contributed by atoms with E-state index < -0.39 is 0 Å². The van der Waals surface area contributed by atoms with Crippen molar-refractivity contribution in [3.8, 4) is 0 Å². The van der Waals surface area contributed by atoms with Crippen LogP contribution in [0.1, 0.15) is 6.92 Å². The van der Waals surface area contributed by atoms with Crippen LogP contribution in [0.25, 0.3) is 0 Å². The lowest BCUT2D eigenvalue weighted by Gasteiger charge is -2.01. The molecule has 13 heavy (non-hydrogen) atoms. The van der Waals surface area contributed by atoms with Crippen molar-refractivity contribution < 1.29 is 4.79 Å². The third-order valence-corrected chi connectivity index (χ3v) is 4.34. The minimum absolute atomic E-state index is 0.248. The summed E-state index contributed by atoms with van der Waals surface area (Å²) in [7, 11) is 0. The molecule has 7 heteroatoms. The molecular weight excluding hydrogens is 226 g/mol. The van der Waals surface area contributed by atoms with Crippen LogP contribution in [-0.2, 0) is 4.79 Å². The van der Waals surface area contributed by atoms with E-state index in [0.29, 0.717) is 0 Å². The van der Waals surface area contributed by atoms with Gasteiger partial charge in [-0.25, -0.2) is 0 Å². The van der Waals surface area contributed by atoms with Gasteiger partial charge in [-0.3, -0.25) is 4.79 Å². The fraction of sp³-hybridized carbons (Fsp3) is 0.500. The van der Waals surface area contributed by atoms with Gasteiger partial charge in [-0.1, -0.05) is 34.9 Å². The van der Waals surface area contributed by atoms with E-state index in [0.717, 1.165) is 8.68 Å². The van der Waals surface area contributed by atoms with Crippen LogP contribution in [0.4, 0.5) is 0 Å². The Morgan fingerprint density at radius 3 is 2.62 bits per heavy atom. The van der Waals surface area contributed by atoms with Gasteiger partial charge in [0.05, 0.1) is 5.25 Å². The highest BCUT2D eigenvalue weighted by atomic mass is 32.2. The van der Waals surface area contributed by atoms with Crippen molar-refractivity contribution in [3.63, 3.8) is 0 Å². The number of hydrogen-bond donors (Lipinski definition) is 1. The van der Waals surface area contributed by atoms with Crippen molar-refractivity contribution in [2.24, 2.45) is 5.73 Å². The number of aromatic nitrogens is 2. The second kappa shape index (κ2) is 4.83. The Labute approximate surface area is 88.7 Å². The summed E-state index contributed by atoms with van der Waals surface area (Å²) < 4.78 is 1.69. The predicted molar refractivity (Wildman–Crippen MR) is 56.2 cm³/mol. The Balaban J connectivity index is 2.58. The molecule has 1 unspecified atom stereocenters. The molecule has 2 N–H and O–H groups in total. The van der Waals surface area contributed by atoms with E-state index in [1.165, 1.54) is 23.1 Å². The van der Waals surface area contributed by atoms with Crippen LogP contribution in [0.15, 0.2) is 8.68 Å². The van der Waals surface area contributed by atoms with Gasteiger partial charge in [0.25, 0.3) is 0 Å². The molecule has 1 rings (SSSR count). The first kappa shape index (κ1) is 10.8. The summed E-state index contributed by atoms with van der Waals surface area (Å²) in [5.41, 5.74) is 5.11. The maximum absolute atomic E-state index is 10.7. The van der Waals surface area contributed by atoms with Crippen molar-refractivity contribution >= 4 is 40.8 Å². The predicted octanol–water partition coefficient (Wildman–Crippen LogP) is 1.23. The zero-order valence-electron chi connectivity index (χ0n) is 7.18. The smallest absolute Gasteiger partial charge is 0.230 e. The SMILES string of the molecule is CSc1nnc(SC(C)C(N)=O)s1. The summed E-state index contributed by atoms with van der Waals surface area (Å²) in [4.78, 5) is 10.7. The van der Waals surface area contributed by atoms with Crippen LogP contribution >= 0.6 is 34.9 Å². The van der Waals surface area contributed by atoms with Crippen molar-refractivity contribution in [1.29, 1.82) is 0 Å². The van der Waals surface area contributed by atoms with Gasteiger partial charge in [0.1, 0.15) is 0 Å². The Kier molecular flexibility index (Phi) is 4.01. The molecule has 1 amide bonds. The van der Waals surface area contributed by atoms with Crippen molar-refractivity contribution in [2.45, 2.75) is 20.9 Å². The van der Waals surface area contributed by atoms with E-state index in [9.17, 15) is 4.79 Å². The lowest BCUT2D eigenvalue weighted by Crippen LogP contribution is -2.22. The summed E-state index contributed by atoms with van der Waals surface area (Å²) in [5.74, 6) is -0.328. The lowest BCUT2D eigenvalue weighted by atomic mass is 10.5. The van der Waals surface area contributed by atoms with Gasteiger partial charge in [-0.15, -0.1) is 10.2 Å². The minimum Gasteiger partial charge on any atom is -0.369 e. The molecule has 1 heterocycles. The molecule has 0 radical (unpaired) electrons. The van der Waals surface area contributed by atoms with E-state index >= 15 is 0 Å². The average molecular weight is 235 g/mol. The fourth-order valence-electron chi connectivity index (χ4n) is 0.537. The van der Waals surface area contributed by atoms with Gasteiger partial charge in [-0.2, -0.15) is 0 Å². The maximum Gasteiger partial charge on any atom is 0.230 e. The van der Waals surface area contributed by atoms with Gasteiger partial charge >= 0.3 is 0 Å². The minimum atomic E-state index is -0.328. The number of rotatable bonds is 4. The quantitative estimate of drug-likeness (QED) is 0.795. The molecule has 0 fully saturated rings. The van der Waals surface area contributed by atoms with Gasteiger partial charge in [0, 0.05) is 0 Å². The fourth-order valence-corrected chi connectivity index (χ4v) is 3.07. The summed E-state index contributed by atoms with van der Waals surface area (Å²) in [6.45, 7) is 1.76. The van der Waals surface area contributed by atoms with Crippen LogP contribution in [-0.4, -0.2) is 27.6 Å². The number of primary amides is 1. The third kappa shape index (κ3) is 3.17. The summed E-state index contributed by atoms with van der Waals surface area (Å²) in [6, 6.07) is 0. The second-order valence-corrected chi connectivity index (χ2v) is 5.82. The topological polar surface area (TPSA) is 68.9 Å². The molecule has 0 spiro atoms. The third-order valence-electron chi connectivity index (χ3n) is 1.24. The molecule has 0 saturated carbocycles. The number of hydrogen-bond acceptors (Lipinski definition) is 6. The Bertz CT molecular complexity index is 301. The van der Waals surface area contributed by atoms with Crippen LogP contribution in [0.5, 0.6) is 0 Å². The molecule has 1 aromatic rings. The van der Waals surface area contributed by atoms with Crippen LogP contribution < -0.4 is 5.73 Å². The standard InChI is InChI=1S/C6H9N3OS3/c1-3(4(7)10)12-6-9-8-5(11-2)13-6/h3H,1-2H3,(H2,7,10). The number of carbonyl (C=O) groups is 1. The molecule has 1 atom stereocenters. The molecule has 0 aliphatic rings. The molecule has 0 saturated heterocycles. The average Bonchev–Trinajstić information content (AvgIpc) is 2.52. The largest absolute Gasteiger partial charge is 0.369 e. The number of nitrogens with zero attached hydrogens (tertiary/aromatic N) is 2. The molecule has 4 nitrogen and oxygen atoms in total. The highest BCUT2D eigenvalue weighted by Crippen LogP contribution is 2.29. The highest BCUT2D eigenvalue weighted by Gasteiger charge is 2.13. The number of thioether (sulfide) groups is 2. The molecule has 0 aliphatic carbocycles. The van der Waals surface area contributed by atoms with Gasteiger partial charge < -0.3 is 5.73 Å². The van der Waals surface area contributed by atoms with Crippen LogP contribution in [0.3, 0.4) is 0 Å². The van der Waals surface area contributed by atoms with Gasteiger partial charge in [0.15, 0.2) is 8.68 Å². The summed E-state index contributed by atoms with van der Waals surface area (Å²) >= 11 is 4.36. The van der Waals surface area contributed by atoms with Crippen LogP contribution in [0, 0.1) is 0 Å². The molecular formula is C6H9N3OS3. The first-order chi connectivity index (χ1) is 6.13. The lowest BCUT2D eigenvalue weighted by molar-refractivity contribution is -0.117. The number of nitrogens with two attached hydrogens (primary N) is 1. The van der Waals surface area contributed by atoms with E-state index in [1.807, 2.05) is 6.26 Å². The molecule has 0 aromatic carbocycles. The van der Waals surface area contributed by atoms with E-state index in [1.54, 1.807) is 18.7 Å².